The van der Waals surface area contributed by atoms with Gasteiger partial charge in [0.05, 0.1) is 6.10 Å². The summed E-state index contributed by atoms with van der Waals surface area (Å²) in [6.07, 6.45) is 0.351. The molecule has 1 amide bonds. The number of hydrogen-bond acceptors (Lipinski definition) is 7. The largest absolute Gasteiger partial charge is 0.479 e. The molecule has 2 aromatic rings. The topological polar surface area (TPSA) is 115 Å². The Morgan fingerprint density at radius 3 is 2.85 bits per heavy atom. The lowest BCUT2D eigenvalue weighted by Crippen LogP contribution is -2.76. The van der Waals surface area contributed by atoms with Crippen molar-refractivity contribution in [1.82, 2.24) is 15.5 Å². The highest BCUT2D eigenvalue weighted by Crippen LogP contribution is 2.51. The van der Waals surface area contributed by atoms with E-state index in [0.717, 1.165) is 5.56 Å². The number of thiophene rings is 1. The highest BCUT2D eigenvalue weighted by molar-refractivity contribution is 7.08. The predicted molar refractivity (Wildman–Crippen MR) is 98.3 cm³/mol. The van der Waals surface area contributed by atoms with Crippen LogP contribution >= 0.6 is 11.3 Å². The molecule has 2 heterocycles. The Morgan fingerprint density at radius 1 is 1.48 bits per heavy atom. The van der Waals surface area contributed by atoms with Gasteiger partial charge in [0.25, 0.3) is 0 Å². The van der Waals surface area contributed by atoms with E-state index in [1.807, 2.05) is 23.8 Å². The van der Waals surface area contributed by atoms with Gasteiger partial charge in [0.15, 0.2) is 0 Å². The molecule has 0 spiro atoms. The number of carboxylic acid groups (broad SMARTS) is 1. The van der Waals surface area contributed by atoms with Crippen molar-refractivity contribution in [2.24, 2.45) is 5.41 Å². The Bertz CT molecular complexity index is 817. The molecule has 3 rings (SSSR count). The maximum atomic E-state index is 12.4. The number of hydrogen-bond donors (Lipinski definition) is 2. The summed E-state index contributed by atoms with van der Waals surface area (Å²) in [5, 5.41) is 20.2. The molecule has 9 heteroatoms. The van der Waals surface area contributed by atoms with Gasteiger partial charge < -0.3 is 19.7 Å². The minimum Gasteiger partial charge on any atom is -0.479 e. The molecule has 0 aliphatic heterocycles. The zero-order chi connectivity index (χ0) is 19.7. The van der Waals surface area contributed by atoms with E-state index in [2.05, 4.69) is 15.5 Å². The number of carbonyl (C=O) groups is 2. The highest BCUT2D eigenvalue weighted by Gasteiger charge is 2.66. The fourth-order valence-electron chi connectivity index (χ4n) is 3.42. The molecule has 0 saturated heterocycles. The van der Waals surface area contributed by atoms with Gasteiger partial charge in [0.1, 0.15) is 5.54 Å². The molecule has 2 atom stereocenters. The van der Waals surface area contributed by atoms with Gasteiger partial charge in [-0.15, -0.1) is 0 Å². The van der Waals surface area contributed by atoms with Gasteiger partial charge >= 0.3 is 5.97 Å². The Hall–Kier alpha value is -2.26. The Labute approximate surface area is 160 Å². The second-order valence-corrected chi connectivity index (χ2v) is 7.93. The third-order valence-corrected chi connectivity index (χ3v) is 5.98. The smallest absolute Gasteiger partial charge is 0.330 e. The average molecular weight is 393 g/mol. The van der Waals surface area contributed by atoms with Gasteiger partial charge in [0.2, 0.25) is 17.6 Å². The summed E-state index contributed by atoms with van der Waals surface area (Å²) in [5.41, 5.74) is -1.18. The summed E-state index contributed by atoms with van der Waals surface area (Å²) < 4.78 is 10.8. The van der Waals surface area contributed by atoms with Crippen molar-refractivity contribution in [2.45, 2.75) is 51.7 Å². The molecule has 8 nitrogen and oxygen atoms in total. The van der Waals surface area contributed by atoms with Crippen LogP contribution in [0.1, 0.15) is 39.5 Å². The molecule has 1 saturated carbocycles. The van der Waals surface area contributed by atoms with Gasteiger partial charge in [-0.25, -0.2) is 4.79 Å². The van der Waals surface area contributed by atoms with Crippen LogP contribution in [-0.2, 0) is 20.7 Å². The zero-order valence-electron chi connectivity index (χ0n) is 15.5. The molecule has 1 aliphatic carbocycles. The molecule has 2 N–H and O–H groups in total. The first-order valence-electron chi connectivity index (χ1n) is 8.81. The number of amides is 1. The third-order valence-electron chi connectivity index (χ3n) is 5.30. The minimum absolute atomic E-state index is 0.0652. The van der Waals surface area contributed by atoms with E-state index in [-0.39, 0.29) is 31.3 Å². The van der Waals surface area contributed by atoms with E-state index in [0.29, 0.717) is 18.3 Å². The van der Waals surface area contributed by atoms with E-state index in [1.54, 1.807) is 13.8 Å². The van der Waals surface area contributed by atoms with Crippen LogP contribution < -0.4 is 5.32 Å². The van der Waals surface area contributed by atoms with Gasteiger partial charge in [0, 0.05) is 42.2 Å². The molecule has 2 aromatic heterocycles. The molecule has 2 unspecified atom stereocenters. The number of carboxylic acids is 1. The van der Waals surface area contributed by atoms with Crippen LogP contribution in [0.3, 0.4) is 0 Å². The lowest BCUT2D eigenvalue weighted by Gasteiger charge is -2.58. The Morgan fingerprint density at radius 2 is 2.26 bits per heavy atom. The summed E-state index contributed by atoms with van der Waals surface area (Å²) in [6.45, 7) is 5.97. The van der Waals surface area contributed by atoms with Crippen molar-refractivity contribution in [2.75, 3.05) is 6.61 Å². The molecular weight excluding hydrogens is 370 g/mol. The van der Waals surface area contributed by atoms with E-state index >= 15 is 0 Å². The van der Waals surface area contributed by atoms with Crippen LogP contribution in [0.15, 0.2) is 21.3 Å². The van der Waals surface area contributed by atoms with Crippen LogP contribution in [0.5, 0.6) is 0 Å². The number of aliphatic carboxylic acids is 1. The Kier molecular flexibility index (Phi) is 5.34. The average Bonchev–Trinajstić information content (AvgIpc) is 3.29. The standard InChI is InChI=1S/C18H23N3O5S/c1-4-25-12-9-18(16(23)24,17(12,2)3)20-13(22)5-6-14-19-15(21-26-14)11-7-8-27-10-11/h7-8,10,12H,4-6,9H2,1-3H3,(H,20,22)(H,23,24). The minimum atomic E-state index is -1.33. The molecule has 27 heavy (non-hydrogen) atoms. The molecular formula is C18H23N3O5S. The molecule has 1 aliphatic rings. The van der Waals surface area contributed by atoms with Crippen molar-refractivity contribution in [3.8, 4) is 11.4 Å². The van der Waals surface area contributed by atoms with Crippen LogP contribution in [0.25, 0.3) is 11.4 Å². The summed E-state index contributed by atoms with van der Waals surface area (Å²) in [5.74, 6) is -0.589. The van der Waals surface area contributed by atoms with Gasteiger partial charge in [-0.3, -0.25) is 4.79 Å². The van der Waals surface area contributed by atoms with Crippen molar-refractivity contribution in [3.05, 3.63) is 22.7 Å². The van der Waals surface area contributed by atoms with Gasteiger partial charge in [-0.05, 0) is 18.4 Å². The number of nitrogens with one attached hydrogen (secondary N) is 1. The fourth-order valence-corrected chi connectivity index (χ4v) is 4.06. The summed E-state index contributed by atoms with van der Waals surface area (Å²) >= 11 is 1.53. The fraction of sp³-hybridized carbons (Fsp3) is 0.556. The first kappa shape index (κ1) is 19.5. The number of aromatic nitrogens is 2. The number of rotatable bonds is 8. The van der Waals surface area contributed by atoms with E-state index in [4.69, 9.17) is 9.26 Å². The normalized spacial score (nSPS) is 23.6. The van der Waals surface area contributed by atoms with Crippen LogP contribution in [0, 0.1) is 5.41 Å². The van der Waals surface area contributed by atoms with Gasteiger partial charge in [-0.1, -0.05) is 19.0 Å². The number of nitrogens with zero attached hydrogens (tertiary/aromatic N) is 2. The second kappa shape index (κ2) is 7.40. The summed E-state index contributed by atoms with van der Waals surface area (Å²) in [7, 11) is 0. The lowest BCUT2D eigenvalue weighted by molar-refractivity contribution is -0.194. The quantitative estimate of drug-likeness (QED) is 0.708. The van der Waals surface area contributed by atoms with Crippen LogP contribution in [0.2, 0.25) is 0 Å². The van der Waals surface area contributed by atoms with E-state index < -0.39 is 16.9 Å². The van der Waals surface area contributed by atoms with Crippen molar-refractivity contribution in [3.63, 3.8) is 0 Å². The van der Waals surface area contributed by atoms with E-state index in [1.165, 1.54) is 11.3 Å². The van der Waals surface area contributed by atoms with Crippen molar-refractivity contribution in [1.29, 1.82) is 0 Å². The molecule has 0 aromatic carbocycles. The molecule has 146 valence electrons. The number of carbonyl (C=O) groups excluding carboxylic acids is 1. The Balaban J connectivity index is 1.60. The first-order chi connectivity index (χ1) is 12.8. The maximum Gasteiger partial charge on any atom is 0.330 e. The van der Waals surface area contributed by atoms with E-state index in [9.17, 15) is 14.7 Å². The maximum absolute atomic E-state index is 12.4. The first-order valence-corrected chi connectivity index (χ1v) is 9.75. The van der Waals surface area contributed by atoms with Crippen molar-refractivity contribution >= 4 is 23.2 Å². The van der Waals surface area contributed by atoms with Crippen LogP contribution in [-0.4, -0.2) is 45.4 Å². The zero-order valence-corrected chi connectivity index (χ0v) is 16.3. The van der Waals surface area contributed by atoms with Crippen molar-refractivity contribution < 1.29 is 24.0 Å². The molecule has 0 bridgehead atoms. The number of ether oxygens (including phenoxy) is 1. The molecule has 0 radical (unpaired) electrons. The second-order valence-electron chi connectivity index (χ2n) is 7.15. The highest BCUT2D eigenvalue weighted by atomic mass is 32.1. The van der Waals surface area contributed by atoms with Crippen LogP contribution in [0.4, 0.5) is 0 Å². The monoisotopic (exact) mass is 393 g/mol. The van der Waals surface area contributed by atoms with Gasteiger partial charge in [-0.2, -0.15) is 16.3 Å². The lowest BCUT2D eigenvalue weighted by atomic mass is 9.54. The molecule has 1 fully saturated rings. The summed E-state index contributed by atoms with van der Waals surface area (Å²) in [4.78, 5) is 28.6. The SMILES string of the molecule is CCOC1CC(NC(=O)CCc2nc(-c3ccsc3)no2)(C(=O)O)C1(C)C. The predicted octanol–water partition coefficient (Wildman–Crippen LogP) is 2.51. The number of aryl methyl sites for hydroxylation is 1. The third kappa shape index (κ3) is 3.49. The summed E-state index contributed by atoms with van der Waals surface area (Å²) in [6, 6.07) is 1.89.